The monoisotopic (exact) mass is 338 g/mol. The summed E-state index contributed by atoms with van der Waals surface area (Å²) in [5, 5.41) is 3.57. The third kappa shape index (κ3) is 7.95. The number of hydrogen-bond acceptors (Lipinski definition) is 3. The average molecular weight is 339 g/mol. The van der Waals surface area contributed by atoms with E-state index < -0.39 is 5.82 Å². The van der Waals surface area contributed by atoms with Crippen molar-refractivity contribution in [3.8, 4) is 5.75 Å². The number of benzene rings is 1. The molecule has 126 valence electrons. The molecule has 0 spiro atoms. The molecule has 2 aromatic rings. The second-order valence-corrected chi connectivity index (χ2v) is 5.08. The molecule has 0 unspecified atom stereocenters. The van der Waals surface area contributed by atoms with E-state index in [9.17, 15) is 4.39 Å². The van der Waals surface area contributed by atoms with Gasteiger partial charge in [-0.15, -0.1) is 0 Å². The maximum absolute atomic E-state index is 13.3. The van der Waals surface area contributed by atoms with Crippen LogP contribution in [0.25, 0.3) is 0 Å². The van der Waals surface area contributed by atoms with E-state index in [-0.39, 0.29) is 12.4 Å². The largest absolute Gasteiger partial charge is 0.484 e. The predicted molar refractivity (Wildman–Crippen MR) is 93.4 cm³/mol. The van der Waals surface area contributed by atoms with Crippen molar-refractivity contribution in [3.05, 3.63) is 59.1 Å². The van der Waals surface area contributed by atoms with Gasteiger partial charge in [0.15, 0.2) is 11.6 Å². The van der Waals surface area contributed by atoms with Gasteiger partial charge in [0.05, 0.1) is 5.69 Å². The Bertz CT molecular complexity index is 540. The molecule has 23 heavy (non-hydrogen) atoms. The molecule has 1 aliphatic rings. The highest BCUT2D eigenvalue weighted by Gasteiger charge is 2.04. The van der Waals surface area contributed by atoms with Gasteiger partial charge in [-0.25, -0.2) is 4.39 Å². The summed E-state index contributed by atoms with van der Waals surface area (Å²) in [6.45, 7) is 6.74. The number of pyridine rings is 1. The molecule has 0 amide bonds. The maximum Gasteiger partial charge on any atom is 0.166 e. The van der Waals surface area contributed by atoms with Crippen LogP contribution in [0.1, 0.15) is 32.4 Å². The highest BCUT2D eigenvalue weighted by atomic mass is 35.5. The Kier molecular flexibility index (Phi) is 10.00. The number of hydrogen-bond donors (Lipinski definition) is 1. The van der Waals surface area contributed by atoms with Gasteiger partial charge in [-0.1, -0.05) is 31.5 Å². The highest BCUT2D eigenvalue weighted by Crippen LogP contribution is 2.21. The fourth-order valence-corrected chi connectivity index (χ4v) is 2.01. The third-order valence-electron chi connectivity index (χ3n) is 2.95. The topological polar surface area (TPSA) is 34.1 Å². The first-order valence-electron chi connectivity index (χ1n) is 7.94. The van der Waals surface area contributed by atoms with E-state index in [1.54, 1.807) is 12.3 Å². The van der Waals surface area contributed by atoms with Crippen molar-refractivity contribution >= 4 is 11.6 Å². The first-order valence-corrected chi connectivity index (χ1v) is 8.32. The zero-order chi connectivity index (χ0) is 16.9. The lowest BCUT2D eigenvalue weighted by atomic mass is 10.3. The second kappa shape index (κ2) is 11.9. The summed E-state index contributed by atoms with van der Waals surface area (Å²) in [7, 11) is 0. The molecule has 1 fully saturated rings. The summed E-state index contributed by atoms with van der Waals surface area (Å²) in [5.41, 5.74) is 0.747. The van der Waals surface area contributed by atoms with Crippen LogP contribution in [0.15, 0.2) is 42.6 Å². The lowest BCUT2D eigenvalue weighted by molar-refractivity contribution is 0.286. The Labute approximate surface area is 142 Å². The summed E-state index contributed by atoms with van der Waals surface area (Å²) < 4.78 is 18.6. The fraction of sp³-hybridized carbons (Fsp3) is 0.389. The van der Waals surface area contributed by atoms with E-state index in [0.717, 1.165) is 5.69 Å². The van der Waals surface area contributed by atoms with E-state index in [1.165, 1.54) is 38.1 Å². The van der Waals surface area contributed by atoms with Gasteiger partial charge in [0.25, 0.3) is 0 Å². The number of halogens is 2. The molecule has 0 atom stereocenters. The minimum absolute atomic E-state index is 0.176. The molecule has 0 saturated carbocycles. The Hall–Kier alpha value is -1.65. The lowest BCUT2D eigenvalue weighted by Crippen LogP contribution is -2.03. The van der Waals surface area contributed by atoms with Crippen LogP contribution in [0.4, 0.5) is 4.39 Å². The molecule has 0 aliphatic carbocycles. The van der Waals surface area contributed by atoms with Gasteiger partial charge in [0.1, 0.15) is 6.61 Å². The number of ether oxygens (including phenoxy) is 1. The molecule has 1 N–H and O–H groups in total. The summed E-state index contributed by atoms with van der Waals surface area (Å²) >= 11 is 5.63. The van der Waals surface area contributed by atoms with Crippen LogP contribution in [0, 0.1) is 5.82 Å². The molecular weight excluding hydrogens is 315 g/mol. The van der Waals surface area contributed by atoms with Crippen molar-refractivity contribution in [2.45, 2.75) is 33.3 Å². The number of nitrogens with zero attached hydrogens (tertiary/aromatic N) is 1. The van der Waals surface area contributed by atoms with Crippen LogP contribution in [0.5, 0.6) is 5.75 Å². The van der Waals surface area contributed by atoms with Crippen LogP contribution < -0.4 is 10.1 Å². The average Bonchev–Trinajstić information content (AvgIpc) is 3.17. The molecule has 0 radical (unpaired) electrons. The molecule has 5 heteroatoms. The molecule has 1 saturated heterocycles. The number of rotatable bonds is 3. The van der Waals surface area contributed by atoms with E-state index in [2.05, 4.69) is 10.3 Å². The third-order valence-corrected chi connectivity index (χ3v) is 3.19. The predicted octanol–water partition coefficient (Wildman–Crippen LogP) is 4.85. The van der Waals surface area contributed by atoms with E-state index in [0.29, 0.717) is 5.02 Å². The van der Waals surface area contributed by atoms with Crippen molar-refractivity contribution < 1.29 is 9.13 Å². The van der Waals surface area contributed by atoms with Crippen LogP contribution in [0.2, 0.25) is 5.02 Å². The van der Waals surface area contributed by atoms with Crippen molar-refractivity contribution in [1.82, 2.24) is 10.3 Å². The van der Waals surface area contributed by atoms with Crippen LogP contribution >= 0.6 is 11.6 Å². The van der Waals surface area contributed by atoms with Gasteiger partial charge < -0.3 is 10.1 Å². The van der Waals surface area contributed by atoms with Crippen molar-refractivity contribution in [2.24, 2.45) is 0 Å². The second-order valence-electron chi connectivity index (χ2n) is 4.64. The van der Waals surface area contributed by atoms with Gasteiger partial charge >= 0.3 is 0 Å². The molecule has 3 nitrogen and oxygen atoms in total. The first kappa shape index (κ1) is 19.4. The van der Waals surface area contributed by atoms with Crippen molar-refractivity contribution in [2.75, 3.05) is 13.1 Å². The molecule has 3 rings (SSSR count). The molecular formula is C18H24ClFN2O. The number of aromatic nitrogens is 1. The molecule has 1 aromatic heterocycles. The summed E-state index contributed by atoms with van der Waals surface area (Å²) in [4.78, 5) is 4.07. The SMILES string of the molecule is C1CCNC1.CC.Fc1cc(Cl)ccc1OCc1ccccn1. The molecule has 1 aliphatic heterocycles. The Morgan fingerprint density at radius 2 is 1.91 bits per heavy atom. The first-order chi connectivity index (χ1) is 11.3. The van der Waals surface area contributed by atoms with Crippen LogP contribution in [-0.2, 0) is 6.61 Å². The quantitative estimate of drug-likeness (QED) is 0.868. The van der Waals surface area contributed by atoms with E-state index in [1.807, 2.05) is 32.0 Å². The zero-order valence-electron chi connectivity index (χ0n) is 13.7. The smallest absolute Gasteiger partial charge is 0.166 e. The highest BCUT2D eigenvalue weighted by molar-refractivity contribution is 6.30. The summed E-state index contributed by atoms with van der Waals surface area (Å²) in [5.74, 6) is -0.293. The minimum atomic E-state index is -0.469. The van der Waals surface area contributed by atoms with Crippen molar-refractivity contribution in [3.63, 3.8) is 0 Å². The standard InChI is InChI=1S/C12H9ClFNO.C4H9N.C2H6/c13-9-4-5-12(11(14)7-9)16-8-10-3-1-2-6-15-10;1-2-4-5-3-1;1-2/h1-7H,8H2;5H,1-4H2;1-2H3. The van der Waals surface area contributed by atoms with Gasteiger partial charge in [-0.2, -0.15) is 0 Å². The van der Waals surface area contributed by atoms with Crippen LogP contribution in [-0.4, -0.2) is 18.1 Å². The van der Waals surface area contributed by atoms with Gasteiger partial charge in [-0.3, -0.25) is 4.98 Å². The van der Waals surface area contributed by atoms with E-state index >= 15 is 0 Å². The van der Waals surface area contributed by atoms with Crippen molar-refractivity contribution in [1.29, 1.82) is 0 Å². The Balaban J connectivity index is 0.000000317. The normalized spacial score (nSPS) is 12.5. The summed E-state index contributed by atoms with van der Waals surface area (Å²) in [6, 6.07) is 9.78. The Morgan fingerprint density at radius 3 is 2.43 bits per heavy atom. The molecule has 2 heterocycles. The minimum Gasteiger partial charge on any atom is -0.484 e. The fourth-order valence-electron chi connectivity index (χ4n) is 1.85. The Morgan fingerprint density at radius 1 is 1.17 bits per heavy atom. The van der Waals surface area contributed by atoms with Crippen LogP contribution in [0.3, 0.4) is 0 Å². The number of nitrogens with one attached hydrogen (secondary N) is 1. The molecule has 1 aromatic carbocycles. The van der Waals surface area contributed by atoms with Gasteiger partial charge in [0, 0.05) is 11.2 Å². The van der Waals surface area contributed by atoms with Gasteiger partial charge in [0.2, 0.25) is 0 Å². The zero-order valence-corrected chi connectivity index (χ0v) is 14.4. The van der Waals surface area contributed by atoms with Gasteiger partial charge in [-0.05, 0) is 56.3 Å². The maximum atomic E-state index is 13.3. The molecule has 0 bridgehead atoms. The summed E-state index contributed by atoms with van der Waals surface area (Å²) in [6.07, 6.45) is 4.44. The lowest BCUT2D eigenvalue weighted by Gasteiger charge is -2.06. The van der Waals surface area contributed by atoms with E-state index in [4.69, 9.17) is 16.3 Å².